The first-order chi connectivity index (χ1) is 10.8. The normalized spacial score (nSPS) is 20.5. The molecule has 0 unspecified atom stereocenters. The summed E-state index contributed by atoms with van der Waals surface area (Å²) in [5.74, 6) is -3.26. The van der Waals surface area contributed by atoms with Crippen molar-refractivity contribution >= 4 is 34.9 Å². The van der Waals surface area contributed by atoms with E-state index in [0.717, 1.165) is 0 Å². The summed E-state index contributed by atoms with van der Waals surface area (Å²) in [7, 11) is 0. The van der Waals surface area contributed by atoms with Crippen LogP contribution >= 0.6 is 11.6 Å². The second-order valence-corrected chi connectivity index (χ2v) is 5.87. The van der Waals surface area contributed by atoms with E-state index in [1.807, 2.05) is 0 Å². The first-order valence-corrected chi connectivity index (χ1v) is 7.30. The van der Waals surface area contributed by atoms with Crippen molar-refractivity contribution in [2.45, 2.75) is 19.8 Å². The van der Waals surface area contributed by atoms with Crippen molar-refractivity contribution in [3.8, 4) is 0 Å². The highest BCUT2D eigenvalue weighted by atomic mass is 35.5. The zero-order valence-electron chi connectivity index (χ0n) is 12.3. The van der Waals surface area contributed by atoms with Crippen molar-refractivity contribution in [3.05, 3.63) is 45.0 Å². The van der Waals surface area contributed by atoms with Crippen LogP contribution in [0.15, 0.2) is 29.3 Å². The van der Waals surface area contributed by atoms with E-state index < -0.39 is 28.6 Å². The number of rotatable bonds is 4. The van der Waals surface area contributed by atoms with E-state index in [1.165, 1.54) is 18.2 Å². The first-order valence-electron chi connectivity index (χ1n) is 6.93. The number of nitrogens with one attached hydrogen (secondary N) is 1. The lowest BCUT2D eigenvalue weighted by Crippen LogP contribution is -2.35. The van der Waals surface area contributed by atoms with Gasteiger partial charge in [-0.15, -0.1) is 0 Å². The molecule has 1 aromatic carbocycles. The average Bonchev–Trinajstić information content (AvgIpc) is 2.48. The minimum Gasteiger partial charge on any atom is -0.481 e. The smallest absolute Gasteiger partial charge is 0.307 e. The SMILES string of the molecule is Cc1ccc([N+](=O)[O-])cc1NC(=O)[C@H]1CC(Cl)=CC[C@@H]1C(=O)O. The van der Waals surface area contributed by atoms with E-state index in [1.54, 1.807) is 13.0 Å². The molecule has 0 aliphatic heterocycles. The van der Waals surface area contributed by atoms with E-state index in [-0.39, 0.29) is 18.5 Å². The van der Waals surface area contributed by atoms with Crippen molar-refractivity contribution in [1.82, 2.24) is 0 Å². The van der Waals surface area contributed by atoms with Crippen LogP contribution in [-0.2, 0) is 9.59 Å². The molecule has 2 N–H and O–H groups in total. The number of amides is 1. The molecule has 0 aromatic heterocycles. The van der Waals surface area contributed by atoms with Crippen molar-refractivity contribution in [2.75, 3.05) is 5.32 Å². The lowest BCUT2D eigenvalue weighted by molar-refractivity contribution is -0.384. The van der Waals surface area contributed by atoms with Crippen LogP contribution in [0.2, 0.25) is 0 Å². The Bertz CT molecular complexity index is 701. The molecule has 0 heterocycles. The molecule has 0 radical (unpaired) electrons. The third-order valence-corrected chi connectivity index (χ3v) is 4.15. The number of aliphatic carboxylic acids is 1. The van der Waals surface area contributed by atoms with Crippen molar-refractivity contribution < 1.29 is 19.6 Å². The fourth-order valence-electron chi connectivity index (χ4n) is 2.49. The van der Waals surface area contributed by atoms with E-state index in [9.17, 15) is 24.8 Å². The summed E-state index contributed by atoms with van der Waals surface area (Å²) in [5.41, 5.74) is 0.787. The minimum atomic E-state index is -1.07. The number of non-ortho nitro benzene ring substituents is 1. The van der Waals surface area contributed by atoms with Gasteiger partial charge in [-0.25, -0.2) is 0 Å². The van der Waals surface area contributed by atoms with Gasteiger partial charge in [0.1, 0.15) is 0 Å². The summed E-state index contributed by atoms with van der Waals surface area (Å²) >= 11 is 5.93. The summed E-state index contributed by atoms with van der Waals surface area (Å²) in [4.78, 5) is 34.0. The molecule has 0 saturated heterocycles. The van der Waals surface area contributed by atoms with Crippen molar-refractivity contribution in [3.63, 3.8) is 0 Å². The van der Waals surface area contributed by atoms with Crippen LogP contribution in [0.25, 0.3) is 0 Å². The molecular weight excluding hydrogens is 324 g/mol. The molecule has 0 saturated carbocycles. The van der Waals surface area contributed by atoms with Gasteiger partial charge in [-0.05, 0) is 25.3 Å². The van der Waals surface area contributed by atoms with Crippen LogP contribution in [0.4, 0.5) is 11.4 Å². The largest absolute Gasteiger partial charge is 0.481 e. The molecule has 1 aliphatic rings. The van der Waals surface area contributed by atoms with E-state index in [0.29, 0.717) is 16.3 Å². The number of nitro groups is 1. The Balaban J connectivity index is 2.24. The maximum Gasteiger partial charge on any atom is 0.307 e. The highest BCUT2D eigenvalue weighted by molar-refractivity contribution is 6.29. The van der Waals surface area contributed by atoms with Crippen LogP contribution in [0.1, 0.15) is 18.4 Å². The lowest BCUT2D eigenvalue weighted by atomic mass is 9.82. The number of carboxylic acids is 1. The number of hydrogen-bond donors (Lipinski definition) is 2. The molecule has 0 spiro atoms. The van der Waals surface area contributed by atoms with Gasteiger partial charge in [0.15, 0.2) is 0 Å². The molecule has 2 rings (SSSR count). The van der Waals surface area contributed by atoms with Crippen LogP contribution in [0.5, 0.6) is 0 Å². The monoisotopic (exact) mass is 338 g/mol. The van der Waals surface area contributed by atoms with Gasteiger partial charge < -0.3 is 10.4 Å². The van der Waals surface area contributed by atoms with E-state index >= 15 is 0 Å². The second kappa shape index (κ2) is 6.78. The molecule has 23 heavy (non-hydrogen) atoms. The third kappa shape index (κ3) is 3.87. The molecule has 1 amide bonds. The Labute approximate surface area is 137 Å². The lowest BCUT2D eigenvalue weighted by Gasteiger charge is -2.26. The van der Waals surface area contributed by atoms with Gasteiger partial charge in [0.25, 0.3) is 5.69 Å². The fourth-order valence-corrected chi connectivity index (χ4v) is 2.74. The van der Waals surface area contributed by atoms with Crippen molar-refractivity contribution in [1.29, 1.82) is 0 Å². The molecule has 8 heteroatoms. The Morgan fingerprint density at radius 2 is 2.09 bits per heavy atom. The van der Waals surface area contributed by atoms with Crippen molar-refractivity contribution in [2.24, 2.45) is 11.8 Å². The Morgan fingerprint density at radius 1 is 1.39 bits per heavy atom. The number of nitrogens with zero attached hydrogens (tertiary/aromatic N) is 1. The van der Waals surface area contributed by atoms with Crippen LogP contribution in [0.3, 0.4) is 0 Å². The average molecular weight is 339 g/mol. The Kier molecular flexibility index (Phi) is 5.00. The summed E-state index contributed by atoms with van der Waals surface area (Å²) in [6.07, 6.45) is 1.92. The Hall–Kier alpha value is -2.41. The fraction of sp³-hybridized carbons (Fsp3) is 0.333. The topological polar surface area (TPSA) is 110 Å². The molecule has 1 aliphatic carbocycles. The summed E-state index contributed by atoms with van der Waals surface area (Å²) < 4.78 is 0. The predicted molar refractivity (Wildman–Crippen MR) is 84.2 cm³/mol. The van der Waals surface area contributed by atoms with Crippen LogP contribution < -0.4 is 5.32 Å². The number of nitro benzene ring substituents is 1. The maximum absolute atomic E-state index is 12.4. The molecule has 1 aromatic rings. The summed E-state index contributed by atoms with van der Waals surface area (Å²) in [6, 6.07) is 4.12. The van der Waals surface area contributed by atoms with Crippen LogP contribution in [-0.4, -0.2) is 21.9 Å². The van der Waals surface area contributed by atoms with Crippen LogP contribution in [0, 0.1) is 28.9 Å². The number of anilines is 1. The maximum atomic E-state index is 12.4. The molecule has 7 nitrogen and oxygen atoms in total. The van der Waals surface area contributed by atoms with Gasteiger partial charge in [-0.1, -0.05) is 23.7 Å². The minimum absolute atomic E-state index is 0.137. The Morgan fingerprint density at radius 3 is 2.70 bits per heavy atom. The van der Waals surface area contributed by atoms with Gasteiger partial charge in [-0.3, -0.25) is 19.7 Å². The highest BCUT2D eigenvalue weighted by Crippen LogP contribution is 2.33. The molecule has 2 atom stereocenters. The number of carbonyl (C=O) groups is 2. The van der Waals surface area contributed by atoms with Gasteiger partial charge in [-0.2, -0.15) is 0 Å². The number of halogens is 1. The van der Waals surface area contributed by atoms with E-state index in [2.05, 4.69) is 5.32 Å². The molecule has 122 valence electrons. The second-order valence-electron chi connectivity index (χ2n) is 5.39. The van der Waals surface area contributed by atoms with Gasteiger partial charge >= 0.3 is 5.97 Å². The van der Waals surface area contributed by atoms with Gasteiger partial charge in [0, 0.05) is 17.2 Å². The molecular formula is C15H15ClN2O5. The van der Waals surface area contributed by atoms with Gasteiger partial charge in [0.05, 0.1) is 22.4 Å². The number of hydrogen-bond acceptors (Lipinski definition) is 4. The first kappa shape index (κ1) is 17.0. The predicted octanol–water partition coefficient (Wildman–Crippen LogP) is 3.08. The highest BCUT2D eigenvalue weighted by Gasteiger charge is 2.36. The van der Waals surface area contributed by atoms with E-state index in [4.69, 9.17) is 11.6 Å². The number of allylic oxidation sites excluding steroid dienone is 2. The summed E-state index contributed by atoms with van der Waals surface area (Å²) in [5, 5.41) is 23.1. The standard InChI is InChI=1S/C15H15ClN2O5/c1-8-2-4-10(18(22)23)7-13(8)17-14(19)12-6-9(16)3-5-11(12)15(20)21/h2-4,7,11-12H,5-6H2,1H3,(H,17,19)(H,20,21)/t11-,12-/m0/s1. The number of carboxylic acid groups (broad SMARTS) is 1. The zero-order valence-corrected chi connectivity index (χ0v) is 13.0. The summed E-state index contributed by atoms with van der Waals surface area (Å²) in [6.45, 7) is 1.70. The molecule has 0 bridgehead atoms. The number of benzene rings is 1. The zero-order chi connectivity index (χ0) is 17.1. The van der Waals surface area contributed by atoms with Gasteiger partial charge in [0.2, 0.25) is 5.91 Å². The quantitative estimate of drug-likeness (QED) is 0.647. The molecule has 0 fully saturated rings. The number of aryl methyl sites for hydroxylation is 1. The number of carbonyl (C=O) groups excluding carboxylic acids is 1. The third-order valence-electron chi connectivity index (χ3n) is 3.84.